The van der Waals surface area contributed by atoms with Crippen LogP contribution in [0.5, 0.6) is 5.75 Å². The maximum Gasteiger partial charge on any atom is 0.255 e. The van der Waals surface area contributed by atoms with Gasteiger partial charge < -0.3 is 14.5 Å². The molecule has 220 valence electrons. The molecule has 3 amide bonds. The number of imide groups is 1. The predicted octanol–water partition coefficient (Wildman–Crippen LogP) is 4.50. The maximum atomic E-state index is 14.5. The Morgan fingerprint density at radius 2 is 1.93 bits per heavy atom. The number of ether oxygens (including phenoxy) is 1. The highest BCUT2D eigenvalue weighted by molar-refractivity contribution is 7.99. The van der Waals surface area contributed by atoms with Gasteiger partial charge in [-0.1, -0.05) is 12.1 Å². The number of halogens is 1. The van der Waals surface area contributed by atoms with Gasteiger partial charge in [-0.15, -0.1) is 11.8 Å². The Kier molecular flexibility index (Phi) is 8.04. The molecule has 3 aromatic rings. The Bertz CT molecular complexity index is 1650. The van der Waals surface area contributed by atoms with Crippen LogP contribution in [0, 0.1) is 24.1 Å². The lowest BCUT2D eigenvalue weighted by Gasteiger charge is -2.33. The molecule has 11 heteroatoms. The highest BCUT2D eigenvalue weighted by Crippen LogP contribution is 2.35. The number of carbonyl (C=O) groups is 3. The Hall–Kier alpha value is -4.43. The summed E-state index contributed by atoms with van der Waals surface area (Å²) in [6.07, 6.45) is 2.30. The number of hydrogen-bond acceptors (Lipinski definition) is 8. The van der Waals surface area contributed by atoms with Crippen molar-refractivity contribution in [3.8, 4) is 11.8 Å². The standard InChI is InChI=1S/C32H30FN5O4S/c1-19-21(6-10-30(35-19)43-22-11-13-37(14-12-22)26-7-5-20(16-34)15-25(26)33)18-42-28-4-2-3-23-24(28)17-38(32(23)41)27-8-9-29(39)36-31(27)40/h2-7,10,15,22,27H,8-9,11-14,17-18H2,1H3,(H,36,39,40)/t27-/m0/s1. The van der Waals surface area contributed by atoms with Crippen LogP contribution >= 0.6 is 11.8 Å². The van der Waals surface area contributed by atoms with Crippen molar-refractivity contribution in [2.45, 2.75) is 62.1 Å². The second-order valence-corrected chi connectivity index (χ2v) is 12.3. The number of carbonyl (C=O) groups excluding carboxylic acids is 3. The van der Waals surface area contributed by atoms with E-state index in [9.17, 15) is 18.8 Å². The normalized spacial score (nSPS) is 18.8. The summed E-state index contributed by atoms with van der Waals surface area (Å²) in [6.45, 7) is 3.94. The van der Waals surface area contributed by atoms with Gasteiger partial charge in [0.1, 0.15) is 24.2 Å². The number of nitriles is 1. The van der Waals surface area contributed by atoms with E-state index >= 15 is 0 Å². The number of hydrogen-bond donors (Lipinski definition) is 1. The molecule has 3 aliphatic heterocycles. The van der Waals surface area contributed by atoms with E-state index in [0.29, 0.717) is 34.2 Å². The fraction of sp³-hybridized carbons (Fsp3) is 0.344. The highest BCUT2D eigenvalue weighted by Gasteiger charge is 2.40. The Labute approximate surface area is 253 Å². The maximum absolute atomic E-state index is 14.5. The van der Waals surface area contributed by atoms with Crippen molar-refractivity contribution in [3.05, 3.63) is 82.3 Å². The number of nitrogens with one attached hydrogen (secondary N) is 1. The minimum absolute atomic E-state index is 0.207. The quantitative estimate of drug-likeness (QED) is 0.395. The summed E-state index contributed by atoms with van der Waals surface area (Å²) in [4.78, 5) is 45.4. The molecule has 1 N–H and O–H groups in total. The van der Waals surface area contributed by atoms with Gasteiger partial charge in [-0.05, 0) is 62.6 Å². The smallest absolute Gasteiger partial charge is 0.255 e. The van der Waals surface area contributed by atoms with Gasteiger partial charge in [0, 0.05) is 47.1 Å². The number of amides is 3. The molecule has 0 aliphatic carbocycles. The molecule has 2 fully saturated rings. The number of thioether (sulfide) groups is 1. The molecular formula is C32H30FN5O4S. The van der Waals surface area contributed by atoms with Crippen LogP contribution in [-0.4, -0.2) is 52.0 Å². The molecule has 0 unspecified atom stereocenters. The largest absolute Gasteiger partial charge is 0.488 e. The number of pyridine rings is 1. The summed E-state index contributed by atoms with van der Waals surface area (Å²) in [7, 11) is 0. The molecule has 0 bridgehead atoms. The number of rotatable bonds is 7. The monoisotopic (exact) mass is 599 g/mol. The minimum Gasteiger partial charge on any atom is -0.488 e. The van der Waals surface area contributed by atoms with Crippen LogP contribution < -0.4 is 15.0 Å². The van der Waals surface area contributed by atoms with Crippen molar-refractivity contribution in [2.75, 3.05) is 18.0 Å². The van der Waals surface area contributed by atoms with Crippen molar-refractivity contribution in [2.24, 2.45) is 0 Å². The molecule has 0 radical (unpaired) electrons. The molecule has 9 nitrogen and oxygen atoms in total. The predicted molar refractivity (Wildman–Crippen MR) is 158 cm³/mol. The van der Waals surface area contributed by atoms with Gasteiger partial charge in [-0.2, -0.15) is 5.26 Å². The van der Waals surface area contributed by atoms with Gasteiger partial charge >= 0.3 is 0 Å². The fourth-order valence-electron chi connectivity index (χ4n) is 5.85. The minimum atomic E-state index is -0.675. The molecule has 43 heavy (non-hydrogen) atoms. The first-order valence-electron chi connectivity index (χ1n) is 14.3. The second-order valence-electron chi connectivity index (χ2n) is 10.9. The second kappa shape index (κ2) is 12.1. The summed E-state index contributed by atoms with van der Waals surface area (Å²) in [6, 6.07) is 15.3. The Morgan fingerprint density at radius 3 is 2.65 bits per heavy atom. The van der Waals surface area contributed by atoms with Crippen molar-refractivity contribution in [1.82, 2.24) is 15.2 Å². The van der Waals surface area contributed by atoms with Crippen LogP contribution in [0.25, 0.3) is 0 Å². The van der Waals surface area contributed by atoms with Crippen LogP contribution in [0.15, 0.2) is 53.6 Å². The highest BCUT2D eigenvalue weighted by atomic mass is 32.2. The first-order valence-corrected chi connectivity index (χ1v) is 15.2. The number of piperidine rings is 2. The lowest BCUT2D eigenvalue weighted by molar-refractivity contribution is -0.136. The molecule has 1 atom stereocenters. The van der Waals surface area contributed by atoms with Gasteiger partial charge in [0.2, 0.25) is 11.8 Å². The number of fused-ring (bicyclic) bond motifs is 1. The van der Waals surface area contributed by atoms with E-state index in [0.717, 1.165) is 47.8 Å². The Morgan fingerprint density at radius 1 is 1.12 bits per heavy atom. The Balaban J connectivity index is 1.05. The van der Waals surface area contributed by atoms with Crippen molar-refractivity contribution in [1.29, 1.82) is 5.26 Å². The molecular weight excluding hydrogens is 569 g/mol. The zero-order valence-electron chi connectivity index (χ0n) is 23.6. The van der Waals surface area contributed by atoms with Crippen molar-refractivity contribution >= 4 is 35.2 Å². The van der Waals surface area contributed by atoms with Crippen LogP contribution in [-0.2, 0) is 22.7 Å². The zero-order chi connectivity index (χ0) is 30.1. The summed E-state index contributed by atoms with van der Waals surface area (Å²) >= 11 is 1.73. The van der Waals surface area contributed by atoms with E-state index in [1.165, 1.54) is 11.0 Å². The number of aryl methyl sites for hydroxylation is 1. The molecule has 4 heterocycles. The molecule has 2 aromatic carbocycles. The van der Waals surface area contributed by atoms with Crippen LogP contribution in [0.1, 0.15) is 58.4 Å². The fourth-order valence-corrected chi connectivity index (χ4v) is 6.98. The van der Waals surface area contributed by atoms with Crippen molar-refractivity contribution in [3.63, 3.8) is 0 Å². The summed E-state index contributed by atoms with van der Waals surface area (Å²) in [5.41, 5.74) is 3.90. The zero-order valence-corrected chi connectivity index (χ0v) is 24.5. The van der Waals surface area contributed by atoms with E-state index in [4.69, 9.17) is 15.0 Å². The van der Waals surface area contributed by atoms with Crippen LogP contribution in [0.2, 0.25) is 0 Å². The third-order valence-corrected chi connectivity index (χ3v) is 9.51. The third-order valence-electron chi connectivity index (χ3n) is 8.24. The average Bonchev–Trinajstić information content (AvgIpc) is 3.33. The molecule has 0 saturated carbocycles. The van der Waals surface area contributed by atoms with Gasteiger partial charge in [0.25, 0.3) is 5.91 Å². The van der Waals surface area contributed by atoms with E-state index in [1.807, 2.05) is 36.1 Å². The van der Waals surface area contributed by atoms with Crippen molar-refractivity contribution < 1.29 is 23.5 Å². The van der Waals surface area contributed by atoms with Gasteiger partial charge in [0.15, 0.2) is 0 Å². The number of aromatic nitrogens is 1. The number of nitrogens with zero attached hydrogens (tertiary/aromatic N) is 4. The average molecular weight is 600 g/mol. The number of benzene rings is 2. The summed E-state index contributed by atoms with van der Waals surface area (Å²) in [5.74, 6) is -0.764. The lowest BCUT2D eigenvalue weighted by Crippen LogP contribution is -2.52. The topological polar surface area (TPSA) is 116 Å². The first-order chi connectivity index (χ1) is 20.8. The third kappa shape index (κ3) is 5.92. The SMILES string of the molecule is Cc1nc(SC2CCN(c3ccc(C#N)cc3F)CC2)ccc1COc1cccc2c1CN([C@H]1CCC(=O)NC1=O)C2=O. The van der Waals surface area contributed by atoms with Gasteiger partial charge in [-0.25, -0.2) is 9.37 Å². The van der Waals surface area contributed by atoms with Gasteiger partial charge in [0.05, 0.1) is 28.9 Å². The van der Waals surface area contributed by atoms with Gasteiger partial charge in [-0.3, -0.25) is 19.7 Å². The van der Waals surface area contributed by atoms with E-state index in [-0.39, 0.29) is 37.2 Å². The molecule has 0 spiro atoms. The van der Waals surface area contributed by atoms with Crippen LogP contribution in [0.3, 0.4) is 0 Å². The molecule has 3 aliphatic rings. The van der Waals surface area contributed by atoms with E-state index in [1.54, 1.807) is 36.0 Å². The van der Waals surface area contributed by atoms with Crippen LogP contribution in [0.4, 0.5) is 10.1 Å². The lowest BCUT2D eigenvalue weighted by atomic mass is 10.0. The first kappa shape index (κ1) is 28.7. The molecule has 2 saturated heterocycles. The van der Waals surface area contributed by atoms with E-state index in [2.05, 4.69) is 5.32 Å². The molecule has 6 rings (SSSR count). The molecule has 1 aromatic heterocycles. The summed E-state index contributed by atoms with van der Waals surface area (Å²) in [5, 5.41) is 12.6. The van der Waals surface area contributed by atoms with E-state index < -0.39 is 11.9 Å². The number of anilines is 1. The summed E-state index contributed by atoms with van der Waals surface area (Å²) < 4.78 is 20.6.